The Morgan fingerprint density at radius 1 is 0.957 bits per heavy atom. The summed E-state index contributed by atoms with van der Waals surface area (Å²) in [5.74, 6) is 0.528. The van der Waals surface area contributed by atoms with Gasteiger partial charge in [-0.2, -0.15) is 5.10 Å². The first kappa shape index (κ1) is 15.0. The van der Waals surface area contributed by atoms with E-state index >= 15 is 0 Å². The number of hydrogen-bond acceptors (Lipinski definition) is 2. The number of amides is 1. The van der Waals surface area contributed by atoms with Crippen molar-refractivity contribution in [2.24, 2.45) is 0 Å². The van der Waals surface area contributed by atoms with E-state index in [-0.39, 0.29) is 5.91 Å². The molecule has 3 aromatic rings. The lowest BCUT2D eigenvalue weighted by molar-refractivity contribution is 0.102. The molecule has 0 spiro atoms. The van der Waals surface area contributed by atoms with Gasteiger partial charge in [-0.15, -0.1) is 0 Å². The number of hydrogen-bond donors (Lipinski definition) is 1. The van der Waals surface area contributed by atoms with Crippen LogP contribution in [0.1, 0.15) is 27.2 Å². The molecular weight excluding hydrogens is 286 g/mol. The Balaban J connectivity index is 1.91. The maximum Gasteiger partial charge on any atom is 0.256 e. The molecule has 4 nitrogen and oxygen atoms in total. The van der Waals surface area contributed by atoms with Gasteiger partial charge in [0.25, 0.3) is 5.91 Å². The molecule has 1 amide bonds. The second-order valence-electron chi connectivity index (χ2n) is 5.74. The highest BCUT2D eigenvalue weighted by atomic mass is 16.1. The van der Waals surface area contributed by atoms with Gasteiger partial charge in [-0.3, -0.25) is 4.79 Å². The maximum absolute atomic E-state index is 12.5. The van der Waals surface area contributed by atoms with Crippen LogP contribution in [0.4, 0.5) is 5.82 Å². The van der Waals surface area contributed by atoms with Crippen molar-refractivity contribution in [3.8, 4) is 5.69 Å². The quantitative estimate of drug-likeness (QED) is 0.793. The highest BCUT2D eigenvalue weighted by Gasteiger charge is 2.12. The first-order valence-electron chi connectivity index (χ1n) is 7.55. The number of carbonyl (C=O) groups excluding carboxylic acids is 1. The molecule has 4 heteroatoms. The van der Waals surface area contributed by atoms with E-state index in [2.05, 4.69) is 10.4 Å². The molecule has 1 N–H and O–H groups in total. The van der Waals surface area contributed by atoms with E-state index in [4.69, 9.17) is 0 Å². The first-order chi connectivity index (χ1) is 11.0. The van der Waals surface area contributed by atoms with Crippen LogP contribution in [-0.4, -0.2) is 15.7 Å². The number of nitrogens with one attached hydrogen (secondary N) is 1. The fourth-order valence-electron chi connectivity index (χ4n) is 2.45. The number of aromatic nitrogens is 2. The summed E-state index contributed by atoms with van der Waals surface area (Å²) in [6.45, 7) is 5.92. The van der Waals surface area contributed by atoms with Gasteiger partial charge in [0.1, 0.15) is 5.82 Å². The molecule has 1 aromatic heterocycles. The minimum absolute atomic E-state index is 0.137. The third-order valence-corrected chi connectivity index (χ3v) is 3.63. The van der Waals surface area contributed by atoms with Crippen molar-refractivity contribution in [3.05, 3.63) is 77.0 Å². The summed E-state index contributed by atoms with van der Waals surface area (Å²) in [7, 11) is 0. The Morgan fingerprint density at radius 2 is 1.70 bits per heavy atom. The van der Waals surface area contributed by atoms with Crippen LogP contribution in [0, 0.1) is 20.8 Å². The van der Waals surface area contributed by atoms with Gasteiger partial charge in [0, 0.05) is 11.6 Å². The molecule has 0 aliphatic carbocycles. The number of anilines is 1. The van der Waals surface area contributed by atoms with Gasteiger partial charge in [-0.05, 0) is 45.0 Å². The van der Waals surface area contributed by atoms with E-state index in [1.54, 1.807) is 4.68 Å². The van der Waals surface area contributed by atoms with E-state index < -0.39 is 0 Å². The number of rotatable bonds is 3. The summed E-state index contributed by atoms with van der Waals surface area (Å²) in [5.41, 5.74) is 4.65. The van der Waals surface area contributed by atoms with Crippen molar-refractivity contribution in [1.82, 2.24) is 9.78 Å². The molecule has 3 rings (SSSR count). The highest BCUT2D eigenvalue weighted by molar-refractivity contribution is 6.04. The van der Waals surface area contributed by atoms with Crippen molar-refractivity contribution in [3.63, 3.8) is 0 Å². The minimum Gasteiger partial charge on any atom is -0.306 e. The zero-order valence-electron chi connectivity index (χ0n) is 13.5. The molecule has 1 heterocycles. The lowest BCUT2D eigenvalue weighted by Gasteiger charge is -2.09. The van der Waals surface area contributed by atoms with Crippen LogP contribution in [0.2, 0.25) is 0 Å². The first-order valence-corrected chi connectivity index (χ1v) is 7.55. The van der Waals surface area contributed by atoms with Crippen molar-refractivity contribution >= 4 is 11.7 Å². The summed E-state index contributed by atoms with van der Waals surface area (Å²) in [5, 5.41) is 7.43. The van der Waals surface area contributed by atoms with Gasteiger partial charge in [-0.1, -0.05) is 35.4 Å². The van der Waals surface area contributed by atoms with Crippen LogP contribution in [0.25, 0.3) is 5.69 Å². The van der Waals surface area contributed by atoms with Crippen LogP contribution in [0.3, 0.4) is 0 Å². The summed E-state index contributed by atoms with van der Waals surface area (Å²) in [6.07, 6.45) is 0. The summed E-state index contributed by atoms with van der Waals surface area (Å²) >= 11 is 0. The monoisotopic (exact) mass is 305 g/mol. The molecule has 0 atom stereocenters. The van der Waals surface area contributed by atoms with Gasteiger partial charge in [0.15, 0.2) is 0 Å². The van der Waals surface area contributed by atoms with Crippen LogP contribution in [-0.2, 0) is 0 Å². The van der Waals surface area contributed by atoms with Crippen molar-refractivity contribution in [2.45, 2.75) is 20.8 Å². The Bertz CT molecular complexity index is 847. The van der Waals surface area contributed by atoms with E-state index in [1.807, 2.05) is 75.4 Å². The van der Waals surface area contributed by atoms with E-state index in [0.29, 0.717) is 11.4 Å². The van der Waals surface area contributed by atoms with Crippen LogP contribution < -0.4 is 5.32 Å². The van der Waals surface area contributed by atoms with Crippen molar-refractivity contribution in [2.75, 3.05) is 5.32 Å². The topological polar surface area (TPSA) is 46.9 Å². The Morgan fingerprint density at radius 3 is 2.39 bits per heavy atom. The molecule has 0 saturated heterocycles. The molecule has 0 unspecified atom stereocenters. The average Bonchev–Trinajstić information content (AvgIpc) is 2.88. The molecule has 2 aromatic carbocycles. The lowest BCUT2D eigenvalue weighted by atomic mass is 10.1. The molecule has 0 radical (unpaired) electrons. The Hall–Kier alpha value is -2.88. The second kappa shape index (κ2) is 6.08. The molecule has 0 saturated carbocycles. The van der Waals surface area contributed by atoms with E-state index in [9.17, 15) is 4.79 Å². The van der Waals surface area contributed by atoms with E-state index in [1.165, 1.54) is 5.56 Å². The van der Waals surface area contributed by atoms with Gasteiger partial charge >= 0.3 is 0 Å². The Kier molecular flexibility index (Phi) is 3.98. The van der Waals surface area contributed by atoms with Gasteiger partial charge in [0.2, 0.25) is 0 Å². The van der Waals surface area contributed by atoms with Gasteiger partial charge < -0.3 is 5.32 Å². The summed E-state index contributed by atoms with van der Waals surface area (Å²) in [4.78, 5) is 12.5. The van der Waals surface area contributed by atoms with Gasteiger partial charge in [-0.25, -0.2) is 4.68 Å². The number of benzene rings is 2. The van der Waals surface area contributed by atoms with Crippen LogP contribution in [0.5, 0.6) is 0 Å². The van der Waals surface area contributed by atoms with Crippen molar-refractivity contribution in [1.29, 1.82) is 0 Å². The minimum atomic E-state index is -0.137. The average molecular weight is 305 g/mol. The molecule has 23 heavy (non-hydrogen) atoms. The molecule has 116 valence electrons. The number of aryl methyl sites for hydroxylation is 3. The number of nitrogens with zero attached hydrogens (tertiary/aromatic N) is 2. The lowest BCUT2D eigenvalue weighted by Crippen LogP contribution is -2.15. The van der Waals surface area contributed by atoms with Crippen LogP contribution in [0.15, 0.2) is 54.6 Å². The van der Waals surface area contributed by atoms with Crippen molar-refractivity contribution < 1.29 is 4.79 Å². The fourth-order valence-corrected chi connectivity index (χ4v) is 2.45. The molecule has 0 bridgehead atoms. The third kappa shape index (κ3) is 3.31. The predicted octanol–water partition coefficient (Wildman–Crippen LogP) is 4.05. The largest absolute Gasteiger partial charge is 0.306 e. The molecule has 0 aliphatic heterocycles. The zero-order valence-corrected chi connectivity index (χ0v) is 13.5. The molecule has 0 fully saturated rings. The van der Waals surface area contributed by atoms with E-state index in [0.717, 1.165) is 16.9 Å². The number of carbonyl (C=O) groups is 1. The fraction of sp³-hybridized carbons (Fsp3) is 0.158. The summed E-state index contributed by atoms with van der Waals surface area (Å²) < 4.78 is 1.75. The van der Waals surface area contributed by atoms with Crippen LogP contribution >= 0.6 is 0 Å². The zero-order chi connectivity index (χ0) is 16.4. The summed E-state index contributed by atoms with van der Waals surface area (Å²) in [6, 6.07) is 17.4. The standard InChI is InChI=1S/C19H19N3O/c1-13-7-9-17(10-8-13)22-18(12-15(3)21-22)20-19(23)16-6-4-5-14(2)11-16/h4-12H,1-3H3,(H,20,23). The third-order valence-electron chi connectivity index (χ3n) is 3.63. The smallest absolute Gasteiger partial charge is 0.256 e. The van der Waals surface area contributed by atoms with Gasteiger partial charge in [0.05, 0.1) is 11.4 Å². The Labute approximate surface area is 135 Å². The highest BCUT2D eigenvalue weighted by Crippen LogP contribution is 2.18. The molecular formula is C19H19N3O. The second-order valence-corrected chi connectivity index (χ2v) is 5.74. The normalized spacial score (nSPS) is 10.6. The predicted molar refractivity (Wildman–Crippen MR) is 92.2 cm³/mol. The molecule has 0 aliphatic rings. The maximum atomic E-state index is 12.5. The SMILES string of the molecule is Cc1ccc(-n2nc(C)cc2NC(=O)c2cccc(C)c2)cc1.